The number of anilines is 1. The van der Waals surface area contributed by atoms with Gasteiger partial charge in [0.25, 0.3) is 0 Å². The van der Waals surface area contributed by atoms with Crippen molar-refractivity contribution in [1.82, 2.24) is 9.97 Å². The third-order valence-electron chi connectivity index (χ3n) is 1.96. The number of hydrogen-bond acceptors (Lipinski definition) is 4. The highest BCUT2D eigenvalue weighted by Gasteiger charge is 2.02. The lowest BCUT2D eigenvalue weighted by atomic mass is 10.2. The fourth-order valence-corrected chi connectivity index (χ4v) is 1.36. The zero-order valence-electron chi connectivity index (χ0n) is 9.08. The van der Waals surface area contributed by atoms with E-state index in [9.17, 15) is 0 Å². The molecule has 0 spiro atoms. The monoisotopic (exact) mass is 227 g/mol. The van der Waals surface area contributed by atoms with Crippen LogP contribution in [-0.2, 0) is 0 Å². The van der Waals surface area contributed by atoms with Gasteiger partial charge in [-0.05, 0) is 6.42 Å². The van der Waals surface area contributed by atoms with Gasteiger partial charge in [-0.15, -0.1) is 0 Å². The molecule has 0 aliphatic heterocycles. The maximum absolute atomic E-state index is 8.66. The van der Waals surface area contributed by atoms with Crippen LogP contribution < -0.4 is 5.32 Å². The van der Waals surface area contributed by atoms with Gasteiger partial charge in [0.05, 0.1) is 0 Å². The number of aliphatic hydroxyl groups excluding tert-OH is 1. The van der Waals surface area contributed by atoms with E-state index in [1.807, 2.05) is 0 Å². The largest absolute Gasteiger partial charge is 0.396 e. The lowest BCUT2D eigenvalue weighted by Crippen LogP contribution is -2.07. The Kier molecular flexibility index (Phi) is 4.71. The minimum atomic E-state index is 0.190. The molecule has 0 fully saturated rings. The Morgan fingerprint density at radius 2 is 2.33 bits per heavy atom. The van der Waals surface area contributed by atoms with Gasteiger partial charge in [-0.3, -0.25) is 0 Å². The SMILES string of the molecule is CC(C)c1nc(=S)cc(NCCCO)[nH]1. The van der Waals surface area contributed by atoms with Crippen LogP contribution in [0.15, 0.2) is 6.07 Å². The number of hydrogen-bond donors (Lipinski definition) is 3. The summed E-state index contributed by atoms with van der Waals surface area (Å²) in [7, 11) is 0. The number of rotatable bonds is 5. The summed E-state index contributed by atoms with van der Waals surface area (Å²) in [6, 6.07) is 1.79. The Balaban J connectivity index is 2.75. The lowest BCUT2D eigenvalue weighted by molar-refractivity contribution is 0.292. The highest BCUT2D eigenvalue weighted by molar-refractivity contribution is 7.71. The Bertz CT molecular complexity index is 362. The number of nitrogens with zero attached hydrogens (tertiary/aromatic N) is 1. The van der Waals surface area contributed by atoms with Crippen molar-refractivity contribution in [1.29, 1.82) is 0 Å². The summed E-state index contributed by atoms with van der Waals surface area (Å²) in [4.78, 5) is 7.40. The summed E-state index contributed by atoms with van der Waals surface area (Å²) in [5.74, 6) is 2.08. The molecule has 1 aromatic heterocycles. The van der Waals surface area contributed by atoms with Gasteiger partial charge in [0.15, 0.2) is 0 Å². The maximum Gasteiger partial charge on any atom is 0.131 e. The number of aliphatic hydroxyl groups is 1. The van der Waals surface area contributed by atoms with E-state index in [-0.39, 0.29) is 6.61 Å². The minimum absolute atomic E-state index is 0.190. The van der Waals surface area contributed by atoms with Crippen LogP contribution in [0.2, 0.25) is 0 Å². The Hall–Kier alpha value is -0.940. The normalized spacial score (nSPS) is 10.7. The van der Waals surface area contributed by atoms with Crippen molar-refractivity contribution in [2.45, 2.75) is 26.2 Å². The molecule has 0 aliphatic rings. The number of H-pyrrole nitrogens is 1. The van der Waals surface area contributed by atoms with E-state index in [0.717, 1.165) is 24.6 Å². The van der Waals surface area contributed by atoms with E-state index in [0.29, 0.717) is 10.6 Å². The molecule has 0 atom stereocenters. The van der Waals surface area contributed by atoms with Gasteiger partial charge >= 0.3 is 0 Å². The Morgan fingerprint density at radius 1 is 1.60 bits per heavy atom. The zero-order valence-corrected chi connectivity index (χ0v) is 9.90. The van der Waals surface area contributed by atoms with Crippen molar-refractivity contribution >= 4 is 18.0 Å². The molecular formula is C10H17N3OS. The summed E-state index contributed by atoms with van der Waals surface area (Å²) in [5, 5.41) is 11.8. The van der Waals surface area contributed by atoms with Gasteiger partial charge < -0.3 is 15.4 Å². The maximum atomic E-state index is 8.66. The minimum Gasteiger partial charge on any atom is -0.396 e. The smallest absolute Gasteiger partial charge is 0.131 e. The number of aromatic nitrogens is 2. The summed E-state index contributed by atoms with van der Waals surface area (Å²) in [6.45, 7) is 5.04. The summed E-state index contributed by atoms with van der Waals surface area (Å²) in [5.41, 5.74) is 0. The summed E-state index contributed by atoms with van der Waals surface area (Å²) >= 11 is 5.06. The van der Waals surface area contributed by atoms with E-state index < -0.39 is 0 Å². The van der Waals surface area contributed by atoms with Crippen LogP contribution in [0.1, 0.15) is 32.0 Å². The van der Waals surface area contributed by atoms with Crippen LogP contribution in [0.5, 0.6) is 0 Å². The van der Waals surface area contributed by atoms with Crippen LogP contribution in [0.25, 0.3) is 0 Å². The van der Waals surface area contributed by atoms with Crippen molar-refractivity contribution in [3.8, 4) is 0 Å². The molecule has 0 saturated heterocycles. The fourth-order valence-electron chi connectivity index (χ4n) is 1.15. The second kappa shape index (κ2) is 5.82. The van der Waals surface area contributed by atoms with E-state index in [2.05, 4.69) is 29.1 Å². The molecule has 0 bridgehead atoms. The molecule has 0 amide bonds. The molecule has 4 nitrogen and oxygen atoms in total. The number of aromatic amines is 1. The van der Waals surface area contributed by atoms with Crippen molar-refractivity contribution in [3.05, 3.63) is 16.5 Å². The van der Waals surface area contributed by atoms with Gasteiger partial charge in [-0.1, -0.05) is 26.1 Å². The first kappa shape index (κ1) is 12.1. The fraction of sp³-hybridized carbons (Fsp3) is 0.600. The Morgan fingerprint density at radius 3 is 2.93 bits per heavy atom. The second-order valence-electron chi connectivity index (χ2n) is 3.68. The van der Waals surface area contributed by atoms with E-state index >= 15 is 0 Å². The average molecular weight is 227 g/mol. The quantitative estimate of drug-likeness (QED) is 0.532. The topological polar surface area (TPSA) is 60.9 Å². The van der Waals surface area contributed by atoms with Gasteiger partial charge in [-0.2, -0.15) is 0 Å². The molecule has 0 aliphatic carbocycles. The number of nitrogens with one attached hydrogen (secondary N) is 2. The first-order valence-corrected chi connectivity index (χ1v) is 5.50. The van der Waals surface area contributed by atoms with Crippen LogP contribution in [0.3, 0.4) is 0 Å². The Labute approximate surface area is 94.8 Å². The lowest BCUT2D eigenvalue weighted by Gasteiger charge is -2.09. The molecule has 0 unspecified atom stereocenters. The van der Waals surface area contributed by atoms with Gasteiger partial charge in [0.2, 0.25) is 0 Å². The van der Waals surface area contributed by atoms with Gasteiger partial charge in [0, 0.05) is 25.1 Å². The molecule has 5 heteroatoms. The standard InChI is InChI=1S/C10H17N3OS/c1-7(2)10-12-8(6-9(15)13-10)11-4-3-5-14/h6-7,14H,3-5H2,1-2H3,(H2,11,12,13,15). The highest BCUT2D eigenvalue weighted by Crippen LogP contribution is 2.11. The molecule has 1 aromatic rings. The summed E-state index contributed by atoms with van der Waals surface area (Å²) < 4.78 is 0.587. The van der Waals surface area contributed by atoms with Crippen molar-refractivity contribution in [2.75, 3.05) is 18.5 Å². The highest BCUT2D eigenvalue weighted by atomic mass is 32.1. The first-order valence-electron chi connectivity index (χ1n) is 5.09. The molecule has 84 valence electrons. The average Bonchev–Trinajstić information content (AvgIpc) is 2.17. The van der Waals surface area contributed by atoms with Gasteiger partial charge in [0.1, 0.15) is 16.3 Å². The zero-order chi connectivity index (χ0) is 11.3. The van der Waals surface area contributed by atoms with Crippen LogP contribution >= 0.6 is 12.2 Å². The molecular weight excluding hydrogens is 210 g/mol. The molecule has 1 heterocycles. The molecule has 3 N–H and O–H groups in total. The van der Waals surface area contributed by atoms with Gasteiger partial charge in [-0.25, -0.2) is 4.98 Å². The van der Waals surface area contributed by atoms with E-state index in [1.165, 1.54) is 0 Å². The predicted octanol–water partition coefficient (Wildman–Crippen LogP) is 2.06. The predicted molar refractivity (Wildman–Crippen MR) is 63.7 cm³/mol. The third-order valence-corrected chi connectivity index (χ3v) is 2.17. The molecule has 0 aromatic carbocycles. The van der Waals surface area contributed by atoms with Crippen molar-refractivity contribution < 1.29 is 5.11 Å². The first-order chi connectivity index (χ1) is 7.13. The third kappa shape index (κ3) is 3.97. The van der Waals surface area contributed by atoms with Crippen LogP contribution in [-0.4, -0.2) is 28.2 Å². The van der Waals surface area contributed by atoms with E-state index in [1.54, 1.807) is 6.07 Å². The van der Waals surface area contributed by atoms with Crippen molar-refractivity contribution in [3.63, 3.8) is 0 Å². The van der Waals surface area contributed by atoms with Crippen LogP contribution in [0, 0.1) is 4.64 Å². The molecule has 0 saturated carbocycles. The van der Waals surface area contributed by atoms with Crippen LogP contribution in [0.4, 0.5) is 5.82 Å². The summed E-state index contributed by atoms with van der Waals surface area (Å²) in [6.07, 6.45) is 0.722. The van der Waals surface area contributed by atoms with E-state index in [4.69, 9.17) is 17.3 Å². The molecule has 15 heavy (non-hydrogen) atoms. The molecule has 0 radical (unpaired) electrons. The second-order valence-corrected chi connectivity index (χ2v) is 4.10. The molecule has 1 rings (SSSR count). The van der Waals surface area contributed by atoms with Crippen molar-refractivity contribution in [2.24, 2.45) is 0 Å².